The normalized spacial score (nSPS) is 14.9. The minimum atomic E-state index is -2.99. The lowest BCUT2D eigenvalue weighted by molar-refractivity contribution is -0.135. The summed E-state index contributed by atoms with van der Waals surface area (Å²) in [5, 5.41) is 4.31. The number of amides is 2. The Morgan fingerprint density at radius 3 is 1.55 bits per heavy atom. The number of esters is 1. The molecule has 67 heavy (non-hydrogen) atoms. The number of unbranched alkanes of at least 4 members (excludes halogenated alkanes) is 2. The van der Waals surface area contributed by atoms with E-state index in [9.17, 15) is 14.4 Å². The van der Waals surface area contributed by atoms with Crippen molar-refractivity contribution in [1.82, 2.24) is 9.80 Å². The van der Waals surface area contributed by atoms with E-state index in [2.05, 4.69) is 133 Å². The molecule has 0 aliphatic carbocycles. The number of rotatable bonds is 20. The highest BCUT2D eigenvalue weighted by molar-refractivity contribution is 7.00. The van der Waals surface area contributed by atoms with Crippen LogP contribution in [-0.2, 0) is 27.9 Å². The third-order valence-corrected chi connectivity index (χ3v) is 22.5. The van der Waals surface area contributed by atoms with Crippen LogP contribution >= 0.6 is 0 Å². The highest BCUT2D eigenvalue weighted by atomic mass is 28.4. The van der Waals surface area contributed by atoms with Crippen LogP contribution in [0.1, 0.15) is 94.4 Å². The number of methoxy groups -OCH3 is 1. The Labute approximate surface area is 403 Å². The molecule has 11 heteroatoms. The Morgan fingerprint density at radius 1 is 0.672 bits per heavy atom. The zero-order valence-corrected chi connectivity index (χ0v) is 43.7. The van der Waals surface area contributed by atoms with Gasteiger partial charge in [0.15, 0.2) is 0 Å². The zero-order valence-electron chi connectivity index (χ0n) is 41.7. The molecule has 0 saturated carbocycles. The predicted molar refractivity (Wildman–Crippen MR) is 277 cm³/mol. The second-order valence-electron chi connectivity index (χ2n) is 20.4. The third-order valence-electron chi connectivity index (χ3n) is 12.4. The van der Waals surface area contributed by atoms with Gasteiger partial charge >= 0.3 is 12.1 Å². The van der Waals surface area contributed by atoms with Gasteiger partial charge in [-0.25, -0.2) is 9.59 Å². The molecule has 4 aromatic rings. The molecule has 1 aliphatic rings. The Balaban J connectivity index is 1.40. The maximum Gasteiger partial charge on any atom is 0.414 e. The van der Waals surface area contributed by atoms with Crippen LogP contribution in [0.25, 0.3) is 0 Å². The fourth-order valence-electron chi connectivity index (χ4n) is 9.29. The van der Waals surface area contributed by atoms with Gasteiger partial charge in [-0.3, -0.25) is 9.69 Å². The van der Waals surface area contributed by atoms with Crippen molar-refractivity contribution < 1.29 is 32.7 Å². The fraction of sp³-hybridized carbons (Fsp3) is 0.411. The summed E-state index contributed by atoms with van der Waals surface area (Å²) in [5.74, 6) is -0.652. The van der Waals surface area contributed by atoms with E-state index in [-0.39, 0.29) is 29.0 Å². The molecule has 0 aromatic heterocycles. The van der Waals surface area contributed by atoms with Crippen LogP contribution in [0, 0.1) is 0 Å². The van der Waals surface area contributed by atoms with Gasteiger partial charge in [0.25, 0.3) is 22.5 Å². The van der Waals surface area contributed by atoms with Gasteiger partial charge in [0.1, 0.15) is 5.60 Å². The van der Waals surface area contributed by atoms with Gasteiger partial charge < -0.3 is 23.2 Å². The zero-order chi connectivity index (χ0) is 48.9. The molecular weight excluding hydrogens is 869 g/mol. The number of hydrogen-bond acceptors (Lipinski definition) is 7. The standard InChI is InChI=1S/C56H74N2O7Si2/c1-12-44(52(60)62-11)29-28-39-57(38-26-17-27-40-63-66(55(5,6)7,47-30-18-13-19-31-47)48-32-20-14-21-33-48)51(59)45-41-46(58(42-45)53(61)65-54(2,3)4)43-64-67(56(8,9)10,49-34-22-15-23-35-49)50-36-24-16-25-37-50/h12-16,18-25,29-37,42,46H,1,17,26-28,38-41,43H2,2-11H3/b44-29-/t46-/m1/s1. The summed E-state index contributed by atoms with van der Waals surface area (Å²) in [6.07, 6.45) is 7.43. The quantitative estimate of drug-likeness (QED) is 0.0287. The minimum absolute atomic E-state index is 0.133. The molecule has 1 aliphatic heterocycles. The summed E-state index contributed by atoms with van der Waals surface area (Å²) in [5.41, 5.74) is 0.0769. The Hall–Kier alpha value is -5.34. The van der Waals surface area contributed by atoms with Crippen LogP contribution in [0.5, 0.6) is 0 Å². The minimum Gasteiger partial charge on any atom is -0.465 e. The summed E-state index contributed by atoms with van der Waals surface area (Å²) < 4.78 is 25.4. The molecule has 0 saturated heterocycles. The highest BCUT2D eigenvalue weighted by Crippen LogP contribution is 2.39. The molecule has 1 heterocycles. The number of carbonyl (C=O) groups is 3. The molecule has 5 rings (SSSR count). The van der Waals surface area contributed by atoms with Crippen LogP contribution in [0.4, 0.5) is 4.79 Å². The van der Waals surface area contributed by atoms with E-state index >= 15 is 0 Å². The largest absolute Gasteiger partial charge is 0.465 e. The topological polar surface area (TPSA) is 94.6 Å². The first-order valence-corrected chi connectivity index (χ1v) is 27.5. The molecule has 1 atom stereocenters. The van der Waals surface area contributed by atoms with Crippen molar-refractivity contribution in [2.45, 2.75) is 116 Å². The number of carbonyl (C=O) groups excluding carboxylic acids is 3. The van der Waals surface area contributed by atoms with Crippen LogP contribution in [0.2, 0.25) is 10.1 Å². The van der Waals surface area contributed by atoms with Crippen molar-refractivity contribution in [2.75, 3.05) is 33.4 Å². The monoisotopic (exact) mass is 943 g/mol. The lowest BCUT2D eigenvalue weighted by Crippen LogP contribution is -2.67. The first kappa shape index (κ1) is 52.6. The van der Waals surface area contributed by atoms with Crippen molar-refractivity contribution in [1.29, 1.82) is 0 Å². The first-order valence-electron chi connectivity index (χ1n) is 23.7. The van der Waals surface area contributed by atoms with E-state index in [0.29, 0.717) is 37.3 Å². The third kappa shape index (κ3) is 12.8. The number of ether oxygens (including phenoxy) is 2. The van der Waals surface area contributed by atoms with Crippen LogP contribution < -0.4 is 20.7 Å². The van der Waals surface area contributed by atoms with Crippen LogP contribution in [-0.4, -0.2) is 89.5 Å². The van der Waals surface area contributed by atoms with Gasteiger partial charge in [-0.1, -0.05) is 182 Å². The average molecular weight is 943 g/mol. The molecule has 4 aromatic carbocycles. The second kappa shape index (κ2) is 23.1. The molecule has 358 valence electrons. The summed E-state index contributed by atoms with van der Waals surface area (Å²) >= 11 is 0. The van der Waals surface area contributed by atoms with E-state index in [1.807, 2.05) is 62.1 Å². The molecule has 9 nitrogen and oxygen atoms in total. The van der Waals surface area contributed by atoms with E-state index in [1.165, 1.54) is 23.6 Å². The number of nitrogens with zero attached hydrogens (tertiary/aromatic N) is 2. The van der Waals surface area contributed by atoms with Gasteiger partial charge in [-0.2, -0.15) is 0 Å². The van der Waals surface area contributed by atoms with E-state index in [1.54, 1.807) is 17.2 Å². The molecule has 0 fully saturated rings. The Kier molecular flexibility index (Phi) is 18.2. The molecule has 0 spiro atoms. The van der Waals surface area contributed by atoms with E-state index < -0.39 is 40.3 Å². The molecule has 0 bridgehead atoms. The van der Waals surface area contributed by atoms with Crippen LogP contribution in [0.3, 0.4) is 0 Å². The lowest BCUT2D eigenvalue weighted by Gasteiger charge is -2.44. The molecule has 0 radical (unpaired) electrons. The summed E-state index contributed by atoms with van der Waals surface area (Å²) in [6, 6.07) is 41.6. The van der Waals surface area contributed by atoms with E-state index in [4.69, 9.17) is 18.3 Å². The van der Waals surface area contributed by atoms with Crippen molar-refractivity contribution in [2.24, 2.45) is 0 Å². The molecule has 2 amide bonds. The van der Waals surface area contributed by atoms with Gasteiger partial charge in [0.2, 0.25) is 0 Å². The summed E-state index contributed by atoms with van der Waals surface area (Å²) in [7, 11) is -4.35. The molecule has 0 unspecified atom stereocenters. The van der Waals surface area contributed by atoms with Gasteiger partial charge in [0, 0.05) is 37.9 Å². The maximum atomic E-state index is 14.9. The van der Waals surface area contributed by atoms with Crippen molar-refractivity contribution in [3.05, 3.63) is 157 Å². The van der Waals surface area contributed by atoms with Gasteiger partial charge in [0.05, 0.1) is 25.3 Å². The Morgan fingerprint density at radius 2 is 1.13 bits per heavy atom. The smallest absolute Gasteiger partial charge is 0.414 e. The highest BCUT2D eigenvalue weighted by Gasteiger charge is 2.52. The summed E-state index contributed by atoms with van der Waals surface area (Å²) in [4.78, 5) is 44.7. The van der Waals surface area contributed by atoms with Crippen molar-refractivity contribution in [3.63, 3.8) is 0 Å². The van der Waals surface area contributed by atoms with Gasteiger partial charge in [-0.15, -0.1) is 0 Å². The van der Waals surface area contributed by atoms with Crippen molar-refractivity contribution >= 4 is 55.4 Å². The van der Waals surface area contributed by atoms with Crippen LogP contribution in [0.15, 0.2) is 157 Å². The maximum absolute atomic E-state index is 14.9. The SMILES string of the molecule is C=C/C(=C/CCN(CCCCCO[Si](c1ccccc1)(c1ccccc1)C(C)(C)C)C(=O)C1=CN(C(=O)OC(C)(C)C)[C@@H](CO[Si](c2ccccc2)(c2ccccc2)C(C)(C)C)C1)C(=O)OC. The lowest BCUT2D eigenvalue weighted by atomic mass is 10.1. The fourth-order valence-corrected chi connectivity index (χ4v) is 18.5. The van der Waals surface area contributed by atoms with E-state index in [0.717, 1.165) is 29.6 Å². The first-order chi connectivity index (χ1) is 31.8. The average Bonchev–Trinajstić information content (AvgIpc) is 3.74. The number of hydrogen-bond donors (Lipinski definition) is 0. The van der Waals surface area contributed by atoms with Crippen molar-refractivity contribution in [3.8, 4) is 0 Å². The summed E-state index contributed by atoms with van der Waals surface area (Å²) in [6.45, 7) is 24.4. The Bertz CT molecular complexity index is 2220. The predicted octanol–water partition coefficient (Wildman–Crippen LogP) is 9.71. The molecular formula is C56H74N2O7Si2. The molecule has 0 N–H and O–H groups in total. The second-order valence-corrected chi connectivity index (χ2v) is 29.0. The van der Waals surface area contributed by atoms with Gasteiger partial charge in [-0.05, 0) is 77.3 Å². The number of benzene rings is 4.